The predicted octanol–water partition coefficient (Wildman–Crippen LogP) is 2.55. The Morgan fingerprint density at radius 3 is 1.38 bits per heavy atom. The fourth-order valence-electron chi connectivity index (χ4n) is 1.41. The van der Waals surface area contributed by atoms with Crippen molar-refractivity contribution >= 4 is 4.47 Å². The topological polar surface area (TPSA) is 17.1 Å². The van der Waals surface area contributed by atoms with Crippen LogP contribution in [0.1, 0.15) is 27.8 Å². The van der Waals surface area contributed by atoms with E-state index < -0.39 is 0 Å². The van der Waals surface area contributed by atoms with Crippen molar-refractivity contribution in [1.29, 1.82) is 0 Å². The van der Waals surface area contributed by atoms with E-state index in [1.54, 1.807) is 0 Å². The minimum absolute atomic E-state index is 1.39. The van der Waals surface area contributed by atoms with Crippen molar-refractivity contribution in [3.63, 3.8) is 0 Å². The molecule has 0 aromatic heterocycles. The van der Waals surface area contributed by atoms with E-state index >= 15 is 0 Å². The fraction of sp³-hybridized carbons (Fsp3) is 0.455. The molecule has 0 aliphatic rings. The molecule has 1 aromatic carbocycles. The summed E-state index contributed by atoms with van der Waals surface area (Å²) in [5, 5.41) is 0. The third-order valence-corrected chi connectivity index (χ3v) is 2.81. The summed E-state index contributed by atoms with van der Waals surface area (Å²) >= 11 is 1.92. The summed E-state index contributed by atoms with van der Waals surface area (Å²) in [7, 11) is 0. The summed E-state index contributed by atoms with van der Waals surface area (Å²) in [6.07, 6.45) is 0. The van der Waals surface area contributed by atoms with Crippen molar-refractivity contribution in [2.24, 2.45) is 0 Å². The van der Waals surface area contributed by atoms with Gasteiger partial charge in [-0.1, -0.05) is 34.6 Å². The Hall–Kier alpha value is -0.447. The van der Waals surface area contributed by atoms with Gasteiger partial charge in [0, 0.05) is 0 Å². The van der Waals surface area contributed by atoms with E-state index in [4.69, 9.17) is 4.79 Å². The van der Waals surface area contributed by atoms with Gasteiger partial charge in [-0.25, -0.2) is 0 Å². The van der Waals surface area contributed by atoms with E-state index in [1.807, 2.05) is 17.9 Å². The molecule has 0 spiro atoms. The van der Waals surface area contributed by atoms with Gasteiger partial charge in [0.05, 0.1) is 0 Å². The molecule has 0 radical (unpaired) electrons. The molecule has 0 saturated heterocycles. The van der Waals surface area contributed by atoms with Gasteiger partial charge in [-0.15, -0.1) is 0 Å². The zero-order chi connectivity index (χ0) is 10.6. The van der Waals surface area contributed by atoms with Gasteiger partial charge in [0.15, 0.2) is 0 Å². The molecule has 75 valence electrons. The van der Waals surface area contributed by atoms with Crippen LogP contribution in [0.25, 0.3) is 0 Å². The van der Waals surface area contributed by atoms with Crippen LogP contribution >= 0.6 is 0 Å². The minimum atomic E-state index is 1.39. The van der Waals surface area contributed by atoms with Crippen LogP contribution in [-0.2, 0) is 22.6 Å². The standard InChI is InChI=1S/C10H15.CO.Rh/c1-6-7(2)9(4)10(5)8(6)3;1-2;/h1-5H3;;/q-1;;. The van der Waals surface area contributed by atoms with Crippen molar-refractivity contribution in [1.82, 2.24) is 0 Å². The first-order chi connectivity index (χ1) is 5.97. The molecule has 2 heteroatoms. The van der Waals surface area contributed by atoms with E-state index in [-0.39, 0.29) is 0 Å². The van der Waals surface area contributed by atoms with Crippen LogP contribution in [0.3, 0.4) is 0 Å². The van der Waals surface area contributed by atoms with Gasteiger partial charge in [0.25, 0.3) is 0 Å². The van der Waals surface area contributed by atoms with E-state index in [1.165, 1.54) is 32.3 Å². The van der Waals surface area contributed by atoms with Gasteiger partial charge >= 0.3 is 27.1 Å². The van der Waals surface area contributed by atoms with E-state index in [0.29, 0.717) is 0 Å². The average molecular weight is 266 g/mol. The van der Waals surface area contributed by atoms with Gasteiger partial charge in [-0.3, -0.25) is 0 Å². The van der Waals surface area contributed by atoms with Gasteiger partial charge in [0.1, 0.15) is 0 Å². The zero-order valence-corrected chi connectivity index (χ0v) is 10.4. The average Bonchev–Trinajstić information content (AvgIpc) is 2.25. The number of hydrogen-bond donors (Lipinski definition) is 0. The van der Waals surface area contributed by atoms with Crippen LogP contribution in [-0.4, -0.2) is 4.47 Å². The monoisotopic (exact) mass is 266 g/mol. The Balaban J connectivity index is 0.000000424. The Morgan fingerprint density at radius 1 is 1.08 bits per heavy atom. The second-order valence-corrected chi connectivity index (χ2v) is 3.53. The fourth-order valence-corrected chi connectivity index (χ4v) is 1.41. The zero-order valence-electron chi connectivity index (χ0n) is 8.74. The maximum atomic E-state index is 8.63. The SMILES string of the molecule is Cc1c(C)c(C)[c-](C)c1C.O=[C]=[Rh]. The first-order valence-corrected chi connectivity index (χ1v) is 4.94. The molecular formula is C11H15ORh-. The second kappa shape index (κ2) is 5.32. The molecule has 0 aliphatic carbocycles. The van der Waals surface area contributed by atoms with Crippen molar-refractivity contribution < 1.29 is 22.6 Å². The van der Waals surface area contributed by atoms with Crippen molar-refractivity contribution in [2.45, 2.75) is 34.6 Å². The molecule has 0 unspecified atom stereocenters. The number of hydrogen-bond acceptors (Lipinski definition) is 1. The van der Waals surface area contributed by atoms with Crippen molar-refractivity contribution in [2.75, 3.05) is 0 Å². The van der Waals surface area contributed by atoms with Crippen LogP contribution in [0.2, 0.25) is 0 Å². The predicted molar refractivity (Wildman–Crippen MR) is 51.4 cm³/mol. The van der Waals surface area contributed by atoms with Crippen LogP contribution in [0, 0.1) is 34.6 Å². The molecule has 1 nitrogen and oxygen atoms in total. The van der Waals surface area contributed by atoms with Crippen LogP contribution < -0.4 is 0 Å². The quantitative estimate of drug-likeness (QED) is 0.521. The first-order valence-electron chi connectivity index (χ1n) is 4.12. The third kappa shape index (κ3) is 2.76. The molecule has 0 N–H and O–H groups in total. The van der Waals surface area contributed by atoms with Gasteiger partial charge in [-0.05, 0) is 0 Å². The molecule has 0 atom stereocenters. The van der Waals surface area contributed by atoms with Crippen LogP contribution in [0.15, 0.2) is 0 Å². The molecular weight excluding hydrogens is 251 g/mol. The maximum absolute atomic E-state index is 8.63. The van der Waals surface area contributed by atoms with Crippen molar-refractivity contribution in [3.8, 4) is 0 Å². The Morgan fingerprint density at radius 2 is 1.31 bits per heavy atom. The van der Waals surface area contributed by atoms with Crippen LogP contribution in [0.5, 0.6) is 0 Å². The molecule has 0 fully saturated rings. The van der Waals surface area contributed by atoms with Gasteiger partial charge in [-0.2, -0.15) is 27.8 Å². The number of carbonyl (C=O) groups excluding carboxylic acids is 1. The summed E-state index contributed by atoms with van der Waals surface area (Å²) < 4.78 is 1.39. The molecule has 0 heterocycles. The van der Waals surface area contributed by atoms with Gasteiger partial charge < -0.3 is 0 Å². The number of rotatable bonds is 0. The van der Waals surface area contributed by atoms with Crippen LogP contribution in [0.4, 0.5) is 0 Å². The van der Waals surface area contributed by atoms with Crippen molar-refractivity contribution in [3.05, 3.63) is 27.8 Å². The second-order valence-electron chi connectivity index (χ2n) is 3.19. The Labute approximate surface area is 89.7 Å². The summed E-state index contributed by atoms with van der Waals surface area (Å²) in [4.78, 5) is 8.63. The molecule has 13 heavy (non-hydrogen) atoms. The first kappa shape index (κ1) is 12.6. The molecule has 0 bridgehead atoms. The normalized spacial score (nSPS) is 8.77. The Bertz CT molecular complexity index is 248. The summed E-state index contributed by atoms with van der Waals surface area (Å²) in [6, 6.07) is 0. The molecule has 1 rings (SSSR count). The summed E-state index contributed by atoms with van der Waals surface area (Å²) in [5.74, 6) is 0. The van der Waals surface area contributed by atoms with Gasteiger partial charge in [0.2, 0.25) is 0 Å². The Kier molecular flexibility index (Phi) is 5.14. The molecule has 0 aliphatic heterocycles. The third-order valence-electron chi connectivity index (χ3n) is 2.81. The molecule has 0 amide bonds. The molecule has 1 aromatic rings. The van der Waals surface area contributed by atoms with E-state index in [0.717, 1.165) is 0 Å². The van der Waals surface area contributed by atoms with E-state index in [9.17, 15) is 0 Å². The summed E-state index contributed by atoms with van der Waals surface area (Å²) in [5.41, 5.74) is 7.34. The summed E-state index contributed by atoms with van der Waals surface area (Å²) in [6.45, 7) is 11.0. The molecule has 0 saturated carbocycles. The van der Waals surface area contributed by atoms with E-state index in [2.05, 4.69) is 34.6 Å².